The van der Waals surface area contributed by atoms with E-state index in [1.54, 1.807) is 5.38 Å². The Bertz CT molecular complexity index is 687. The molecule has 0 bridgehead atoms. The molecule has 0 aliphatic rings. The number of nitrogen functional groups attached to an aromatic ring is 1. The lowest BCUT2D eigenvalue weighted by molar-refractivity contribution is -0.138. The molecule has 2 aromatic rings. The van der Waals surface area contributed by atoms with Crippen molar-refractivity contribution >= 4 is 44.4 Å². The third-order valence-corrected chi connectivity index (χ3v) is 3.52. The predicted molar refractivity (Wildman–Crippen MR) is 78.6 cm³/mol. The second kappa shape index (κ2) is 5.90. The molecule has 21 heavy (non-hydrogen) atoms. The van der Waals surface area contributed by atoms with Gasteiger partial charge in [0.05, 0.1) is 11.8 Å². The fourth-order valence-electron chi connectivity index (χ4n) is 1.43. The number of anilines is 2. The largest absolute Gasteiger partial charge is 0.507 e. The number of aromatic hydroxyl groups is 1. The lowest BCUT2D eigenvalue weighted by atomic mass is 10.1. The van der Waals surface area contributed by atoms with E-state index in [2.05, 4.69) is 31.4 Å². The van der Waals surface area contributed by atoms with Gasteiger partial charge in [0, 0.05) is 15.4 Å². The van der Waals surface area contributed by atoms with Crippen molar-refractivity contribution in [3.8, 4) is 5.75 Å². The fraction of sp³-hybridized carbons (Fsp3) is 0.0909. The first-order chi connectivity index (χ1) is 9.77. The number of rotatable bonds is 3. The quantitative estimate of drug-likeness (QED) is 0.560. The van der Waals surface area contributed by atoms with Gasteiger partial charge in [0.25, 0.3) is 0 Å². The van der Waals surface area contributed by atoms with Gasteiger partial charge < -0.3 is 10.8 Å². The van der Waals surface area contributed by atoms with Gasteiger partial charge in [-0.25, -0.2) is 4.98 Å². The van der Waals surface area contributed by atoms with E-state index in [9.17, 15) is 18.3 Å². The Kier molecular flexibility index (Phi) is 4.37. The van der Waals surface area contributed by atoms with E-state index in [0.29, 0.717) is 10.9 Å². The van der Waals surface area contributed by atoms with Gasteiger partial charge in [0.15, 0.2) is 0 Å². The smallest absolute Gasteiger partial charge is 0.420 e. The van der Waals surface area contributed by atoms with Crippen LogP contribution in [0.4, 0.5) is 24.1 Å². The lowest BCUT2D eigenvalue weighted by Crippen LogP contribution is -2.06. The third kappa shape index (κ3) is 3.85. The first kappa shape index (κ1) is 15.6. The monoisotopic (exact) mass is 380 g/mol. The molecule has 0 fully saturated rings. The van der Waals surface area contributed by atoms with Crippen molar-refractivity contribution in [2.24, 2.45) is 5.10 Å². The Balaban J connectivity index is 2.25. The summed E-state index contributed by atoms with van der Waals surface area (Å²) in [6, 6.07) is 2.10. The van der Waals surface area contributed by atoms with Crippen LogP contribution in [-0.4, -0.2) is 16.3 Å². The minimum absolute atomic E-state index is 0.0891. The maximum atomic E-state index is 12.7. The number of nitrogens with one attached hydrogen (secondary N) is 1. The second-order valence-electron chi connectivity index (χ2n) is 3.84. The molecular formula is C11H8BrF3N4OS. The normalized spacial score (nSPS) is 12.0. The summed E-state index contributed by atoms with van der Waals surface area (Å²) < 4.78 is 38.4. The zero-order valence-electron chi connectivity index (χ0n) is 10.1. The highest BCUT2D eigenvalue weighted by Crippen LogP contribution is 2.39. The number of phenolic OH excluding ortho intramolecular Hbond substituents is 1. The molecule has 2 rings (SSSR count). The molecule has 0 saturated carbocycles. The van der Waals surface area contributed by atoms with Gasteiger partial charge in [-0.1, -0.05) is 15.9 Å². The van der Waals surface area contributed by atoms with Crippen LogP contribution >= 0.6 is 27.3 Å². The number of hydrogen-bond donors (Lipinski definition) is 3. The van der Waals surface area contributed by atoms with E-state index in [-0.39, 0.29) is 10.0 Å². The zero-order valence-corrected chi connectivity index (χ0v) is 12.6. The highest BCUT2D eigenvalue weighted by Gasteiger charge is 2.35. The third-order valence-electron chi connectivity index (χ3n) is 2.30. The Morgan fingerprint density at radius 1 is 1.43 bits per heavy atom. The molecule has 112 valence electrons. The predicted octanol–water partition coefficient (Wildman–Crippen LogP) is 3.66. The highest BCUT2D eigenvalue weighted by atomic mass is 79.9. The van der Waals surface area contributed by atoms with Gasteiger partial charge in [-0.05, 0) is 12.1 Å². The van der Waals surface area contributed by atoms with E-state index >= 15 is 0 Å². The van der Waals surface area contributed by atoms with E-state index in [1.165, 1.54) is 17.4 Å². The summed E-state index contributed by atoms with van der Waals surface area (Å²) in [6.07, 6.45) is -3.60. The molecule has 10 heteroatoms. The molecule has 0 unspecified atom stereocenters. The number of nitrogens with two attached hydrogens (primary N) is 1. The number of aromatic nitrogens is 1. The Hall–Kier alpha value is -1.81. The number of nitrogens with zero attached hydrogens (tertiary/aromatic N) is 2. The minimum Gasteiger partial charge on any atom is -0.507 e. The van der Waals surface area contributed by atoms with Crippen LogP contribution in [0, 0.1) is 0 Å². The van der Waals surface area contributed by atoms with Crippen molar-refractivity contribution in [2.75, 3.05) is 11.2 Å². The van der Waals surface area contributed by atoms with E-state index < -0.39 is 17.5 Å². The van der Waals surface area contributed by atoms with Crippen LogP contribution in [0.15, 0.2) is 27.1 Å². The molecule has 1 heterocycles. The molecule has 1 aromatic heterocycles. The molecule has 1 aromatic carbocycles. The number of phenols is 1. The summed E-state index contributed by atoms with van der Waals surface area (Å²) in [5, 5.41) is 15.3. The van der Waals surface area contributed by atoms with Crippen molar-refractivity contribution < 1.29 is 18.3 Å². The number of halogens is 4. The van der Waals surface area contributed by atoms with Crippen molar-refractivity contribution in [1.82, 2.24) is 4.98 Å². The summed E-state index contributed by atoms with van der Waals surface area (Å²) in [5.41, 5.74) is 6.69. The molecule has 5 nitrogen and oxygen atoms in total. The first-order valence-electron chi connectivity index (χ1n) is 5.37. The molecule has 0 amide bonds. The second-order valence-corrected chi connectivity index (χ2v) is 5.61. The molecule has 0 atom stereocenters. The number of hydrogen-bond acceptors (Lipinski definition) is 6. The maximum absolute atomic E-state index is 12.7. The molecule has 0 aliphatic heterocycles. The van der Waals surface area contributed by atoms with Crippen LogP contribution in [0.3, 0.4) is 0 Å². The Morgan fingerprint density at radius 2 is 2.14 bits per heavy atom. The fourth-order valence-corrected chi connectivity index (χ4v) is 2.45. The zero-order chi connectivity index (χ0) is 15.6. The molecular weight excluding hydrogens is 373 g/mol. The van der Waals surface area contributed by atoms with E-state index in [4.69, 9.17) is 5.73 Å². The first-order valence-corrected chi connectivity index (χ1v) is 7.04. The molecule has 0 spiro atoms. The van der Waals surface area contributed by atoms with Gasteiger partial charge in [-0.2, -0.15) is 18.3 Å². The summed E-state index contributed by atoms with van der Waals surface area (Å²) >= 11 is 4.15. The molecule has 0 aliphatic carbocycles. The van der Waals surface area contributed by atoms with Crippen LogP contribution in [0.1, 0.15) is 11.1 Å². The summed E-state index contributed by atoms with van der Waals surface area (Å²) in [4.78, 5) is 3.86. The van der Waals surface area contributed by atoms with Crippen molar-refractivity contribution in [3.63, 3.8) is 0 Å². The van der Waals surface area contributed by atoms with Gasteiger partial charge in [0.2, 0.25) is 5.13 Å². The number of thiazole rings is 1. The van der Waals surface area contributed by atoms with Crippen molar-refractivity contribution in [3.05, 3.63) is 33.1 Å². The minimum atomic E-state index is -4.66. The van der Waals surface area contributed by atoms with Crippen LogP contribution in [-0.2, 0) is 6.18 Å². The number of alkyl halides is 3. The molecule has 0 saturated heterocycles. The van der Waals surface area contributed by atoms with Crippen LogP contribution in [0.25, 0.3) is 0 Å². The highest BCUT2D eigenvalue weighted by molar-refractivity contribution is 9.10. The van der Waals surface area contributed by atoms with E-state index in [0.717, 1.165) is 12.3 Å². The average Bonchev–Trinajstić information content (AvgIpc) is 2.77. The van der Waals surface area contributed by atoms with Gasteiger partial charge in [0.1, 0.15) is 11.6 Å². The van der Waals surface area contributed by atoms with E-state index in [1.807, 2.05) is 0 Å². The summed E-state index contributed by atoms with van der Waals surface area (Å²) in [7, 11) is 0. The Labute approximate surface area is 129 Å². The average molecular weight is 381 g/mol. The lowest BCUT2D eigenvalue weighted by Gasteiger charge is -2.11. The topological polar surface area (TPSA) is 83.5 Å². The maximum Gasteiger partial charge on any atom is 0.420 e. The van der Waals surface area contributed by atoms with Crippen LogP contribution < -0.4 is 11.2 Å². The van der Waals surface area contributed by atoms with Gasteiger partial charge >= 0.3 is 6.18 Å². The van der Waals surface area contributed by atoms with Crippen molar-refractivity contribution in [2.45, 2.75) is 6.18 Å². The SMILES string of the molecule is Nc1csc(NN=Cc2cc(Br)cc(C(F)(F)F)c2O)n1. The van der Waals surface area contributed by atoms with Crippen molar-refractivity contribution in [1.29, 1.82) is 0 Å². The molecule has 4 N–H and O–H groups in total. The standard InChI is InChI=1S/C11H8BrF3N4OS/c12-6-1-5(9(20)7(2-6)11(13,14)15)3-17-19-10-18-8(16)4-21-10/h1-4,20H,16H2,(H,18,19). The van der Waals surface area contributed by atoms with Gasteiger partial charge in [-0.15, -0.1) is 11.3 Å². The van der Waals surface area contributed by atoms with Crippen LogP contribution in [0.5, 0.6) is 5.75 Å². The molecule has 0 radical (unpaired) electrons. The summed E-state index contributed by atoms with van der Waals surface area (Å²) in [5.74, 6) is -0.586. The number of hydrazone groups is 1. The van der Waals surface area contributed by atoms with Gasteiger partial charge in [-0.3, -0.25) is 5.43 Å². The summed E-state index contributed by atoms with van der Waals surface area (Å²) in [6.45, 7) is 0. The number of benzene rings is 1. The van der Waals surface area contributed by atoms with Crippen LogP contribution in [0.2, 0.25) is 0 Å². The Morgan fingerprint density at radius 3 is 2.71 bits per heavy atom.